The molecule has 1 heterocycles. The van der Waals surface area contributed by atoms with E-state index in [9.17, 15) is 0 Å². The second-order valence-corrected chi connectivity index (χ2v) is 7.77. The highest BCUT2D eigenvalue weighted by atomic mass is 15.2. The molecule has 0 radical (unpaired) electrons. The zero-order valence-electron chi connectivity index (χ0n) is 15.9. The highest BCUT2D eigenvalue weighted by Gasteiger charge is 2.21. The van der Waals surface area contributed by atoms with E-state index in [0.29, 0.717) is 0 Å². The van der Waals surface area contributed by atoms with Crippen LogP contribution < -0.4 is 10.6 Å². The first-order valence-corrected chi connectivity index (χ1v) is 10.1. The van der Waals surface area contributed by atoms with Crippen LogP contribution in [0.5, 0.6) is 0 Å². The van der Waals surface area contributed by atoms with Crippen molar-refractivity contribution in [2.24, 2.45) is 16.8 Å². The highest BCUT2D eigenvalue weighted by molar-refractivity contribution is 5.79. The van der Waals surface area contributed by atoms with Gasteiger partial charge in [0.2, 0.25) is 0 Å². The number of aliphatic imine (C=N–C) groups is 1. The smallest absolute Gasteiger partial charge is 0.191 e. The van der Waals surface area contributed by atoms with Gasteiger partial charge in [0.25, 0.3) is 0 Å². The normalized spacial score (nSPS) is 22.0. The Hall–Kier alpha value is -1.55. The van der Waals surface area contributed by atoms with Crippen LogP contribution in [0.15, 0.2) is 29.3 Å². The summed E-state index contributed by atoms with van der Waals surface area (Å²) in [6.45, 7) is 10.7. The van der Waals surface area contributed by atoms with Crippen molar-refractivity contribution < 1.29 is 0 Å². The lowest BCUT2D eigenvalue weighted by Gasteiger charge is -2.31. The molecule has 2 N–H and O–H groups in total. The molecule has 1 aliphatic heterocycles. The molecule has 2 aliphatic rings. The van der Waals surface area contributed by atoms with Crippen LogP contribution in [0.3, 0.4) is 0 Å². The summed E-state index contributed by atoms with van der Waals surface area (Å²) in [7, 11) is 0. The highest BCUT2D eigenvalue weighted by Crippen LogP contribution is 2.27. The molecule has 1 aromatic carbocycles. The van der Waals surface area contributed by atoms with Crippen LogP contribution in [-0.4, -0.2) is 37.0 Å². The van der Waals surface area contributed by atoms with Gasteiger partial charge in [-0.25, -0.2) is 4.99 Å². The monoisotopic (exact) mass is 342 g/mol. The van der Waals surface area contributed by atoms with E-state index in [0.717, 1.165) is 44.0 Å². The Kier molecular flexibility index (Phi) is 6.74. The molecule has 1 atom stereocenters. The predicted octanol–water partition coefficient (Wildman–Crippen LogP) is 3.38. The summed E-state index contributed by atoms with van der Waals surface area (Å²) in [6.07, 6.45) is 5.44. The summed E-state index contributed by atoms with van der Waals surface area (Å²) in [4.78, 5) is 7.43. The first-order valence-electron chi connectivity index (χ1n) is 10.1. The fourth-order valence-corrected chi connectivity index (χ4v) is 3.61. The van der Waals surface area contributed by atoms with Crippen molar-refractivity contribution >= 4 is 5.96 Å². The van der Waals surface area contributed by atoms with Crippen molar-refractivity contribution in [3.8, 4) is 0 Å². The van der Waals surface area contributed by atoms with E-state index < -0.39 is 0 Å². The third-order valence-corrected chi connectivity index (χ3v) is 5.26. The van der Waals surface area contributed by atoms with E-state index in [1.54, 1.807) is 0 Å². The van der Waals surface area contributed by atoms with Crippen LogP contribution in [0, 0.1) is 11.8 Å². The first-order chi connectivity index (χ1) is 12.2. The van der Waals surface area contributed by atoms with Crippen LogP contribution in [-0.2, 0) is 13.1 Å². The van der Waals surface area contributed by atoms with Crippen molar-refractivity contribution in [3.63, 3.8) is 0 Å². The van der Waals surface area contributed by atoms with Crippen LogP contribution in [0.25, 0.3) is 0 Å². The minimum Gasteiger partial charge on any atom is -0.357 e. The lowest BCUT2D eigenvalue weighted by molar-refractivity contribution is 0.176. The lowest BCUT2D eigenvalue weighted by atomic mass is 9.99. The Morgan fingerprint density at radius 2 is 1.96 bits per heavy atom. The Balaban J connectivity index is 1.61. The van der Waals surface area contributed by atoms with Crippen molar-refractivity contribution in [2.75, 3.05) is 26.2 Å². The molecule has 0 spiro atoms. The molecule has 2 fully saturated rings. The second kappa shape index (κ2) is 9.23. The Bertz CT molecular complexity index is 565. The largest absolute Gasteiger partial charge is 0.357 e. The zero-order valence-corrected chi connectivity index (χ0v) is 15.9. The maximum absolute atomic E-state index is 4.83. The topological polar surface area (TPSA) is 39.7 Å². The third kappa shape index (κ3) is 6.03. The Morgan fingerprint density at radius 3 is 2.68 bits per heavy atom. The Morgan fingerprint density at radius 1 is 1.16 bits per heavy atom. The number of benzene rings is 1. The van der Waals surface area contributed by atoms with E-state index in [1.807, 2.05) is 0 Å². The lowest BCUT2D eigenvalue weighted by Crippen LogP contribution is -2.38. The number of piperidine rings is 1. The summed E-state index contributed by atoms with van der Waals surface area (Å²) < 4.78 is 0. The second-order valence-electron chi connectivity index (χ2n) is 7.77. The van der Waals surface area contributed by atoms with Gasteiger partial charge in [-0.3, -0.25) is 4.90 Å². The molecule has 25 heavy (non-hydrogen) atoms. The number of likely N-dealkylation sites (tertiary alicyclic amines) is 1. The van der Waals surface area contributed by atoms with Gasteiger partial charge in [-0.2, -0.15) is 0 Å². The summed E-state index contributed by atoms with van der Waals surface area (Å²) in [5.74, 6) is 2.64. The van der Waals surface area contributed by atoms with Crippen molar-refractivity contribution in [3.05, 3.63) is 35.4 Å². The summed E-state index contributed by atoms with van der Waals surface area (Å²) in [5.41, 5.74) is 2.78. The van der Waals surface area contributed by atoms with E-state index in [4.69, 9.17) is 4.99 Å². The average Bonchev–Trinajstić information content (AvgIpc) is 3.43. The van der Waals surface area contributed by atoms with Gasteiger partial charge >= 0.3 is 0 Å². The van der Waals surface area contributed by atoms with Crippen molar-refractivity contribution in [1.82, 2.24) is 15.5 Å². The number of nitrogens with zero attached hydrogens (tertiary/aromatic N) is 2. The molecular formula is C21H34N4. The number of guanidine groups is 1. The van der Waals surface area contributed by atoms with Gasteiger partial charge in [0.1, 0.15) is 0 Å². The molecule has 4 heteroatoms. The molecule has 0 bridgehead atoms. The maximum atomic E-state index is 4.83. The van der Waals surface area contributed by atoms with Crippen LogP contribution in [0.2, 0.25) is 0 Å². The number of rotatable bonds is 7. The molecule has 4 nitrogen and oxygen atoms in total. The molecular weight excluding hydrogens is 308 g/mol. The molecule has 1 saturated heterocycles. The molecule has 1 aromatic rings. The van der Waals surface area contributed by atoms with E-state index in [-0.39, 0.29) is 0 Å². The molecule has 1 aliphatic carbocycles. The van der Waals surface area contributed by atoms with Gasteiger partial charge in [0, 0.05) is 26.2 Å². The molecule has 0 amide bonds. The van der Waals surface area contributed by atoms with Crippen LogP contribution in [0.4, 0.5) is 0 Å². The maximum Gasteiger partial charge on any atom is 0.191 e. The van der Waals surface area contributed by atoms with E-state index >= 15 is 0 Å². The van der Waals surface area contributed by atoms with Gasteiger partial charge in [0.15, 0.2) is 5.96 Å². The number of hydrogen-bond donors (Lipinski definition) is 2. The molecule has 138 valence electrons. The summed E-state index contributed by atoms with van der Waals surface area (Å²) in [6, 6.07) is 8.80. The number of nitrogens with one attached hydrogen (secondary N) is 2. The van der Waals surface area contributed by atoms with Crippen LogP contribution >= 0.6 is 0 Å². The van der Waals surface area contributed by atoms with Crippen molar-refractivity contribution in [2.45, 2.75) is 52.6 Å². The van der Waals surface area contributed by atoms with E-state index in [1.165, 1.54) is 49.9 Å². The SMILES string of the molecule is CCNC(=NCc1ccccc1CN1CCCC(C)C1)NCC1CC1. The molecule has 0 aromatic heterocycles. The van der Waals surface area contributed by atoms with Gasteiger partial charge in [-0.1, -0.05) is 31.2 Å². The number of hydrogen-bond acceptors (Lipinski definition) is 2. The fraction of sp³-hybridized carbons (Fsp3) is 0.667. The summed E-state index contributed by atoms with van der Waals surface area (Å²) >= 11 is 0. The van der Waals surface area contributed by atoms with Crippen LogP contribution in [0.1, 0.15) is 50.7 Å². The third-order valence-electron chi connectivity index (χ3n) is 5.26. The quantitative estimate of drug-likeness (QED) is 0.589. The van der Waals surface area contributed by atoms with Gasteiger partial charge < -0.3 is 10.6 Å². The minimum absolute atomic E-state index is 0.750. The van der Waals surface area contributed by atoms with Gasteiger partial charge in [0.05, 0.1) is 6.54 Å². The van der Waals surface area contributed by atoms with Gasteiger partial charge in [-0.15, -0.1) is 0 Å². The Labute approximate surface area is 153 Å². The molecule has 1 unspecified atom stereocenters. The first kappa shape index (κ1) is 18.2. The standard InChI is InChI=1S/C21H34N4/c1-3-22-21(23-13-18-10-11-18)24-14-19-8-4-5-9-20(19)16-25-12-6-7-17(2)15-25/h4-5,8-9,17-18H,3,6-7,10-16H2,1-2H3,(H2,22,23,24). The average molecular weight is 343 g/mol. The van der Waals surface area contributed by atoms with Gasteiger partial charge in [-0.05, 0) is 62.1 Å². The zero-order chi connectivity index (χ0) is 17.5. The molecule has 1 saturated carbocycles. The van der Waals surface area contributed by atoms with Crippen molar-refractivity contribution in [1.29, 1.82) is 0 Å². The summed E-state index contributed by atoms with van der Waals surface area (Å²) in [5, 5.41) is 6.86. The predicted molar refractivity (Wildman–Crippen MR) is 106 cm³/mol. The minimum atomic E-state index is 0.750. The fourth-order valence-electron chi connectivity index (χ4n) is 3.61. The molecule has 3 rings (SSSR count). The van der Waals surface area contributed by atoms with E-state index in [2.05, 4.69) is 53.6 Å².